The minimum Gasteiger partial charge on any atom is -0.468 e. The lowest BCUT2D eigenvalue weighted by atomic mass is 10.2. The van der Waals surface area contributed by atoms with E-state index in [0.29, 0.717) is 5.82 Å². The van der Waals surface area contributed by atoms with E-state index in [1.165, 1.54) is 11.8 Å². The Morgan fingerprint density at radius 3 is 3.00 bits per heavy atom. The third-order valence-electron chi connectivity index (χ3n) is 2.19. The van der Waals surface area contributed by atoms with E-state index >= 15 is 0 Å². The number of methoxy groups -OCH3 is 1. The van der Waals surface area contributed by atoms with Crippen LogP contribution in [0.4, 0.5) is 5.82 Å². The second kappa shape index (κ2) is 3.61. The van der Waals surface area contributed by atoms with Crippen LogP contribution in [0, 0.1) is 0 Å². The summed E-state index contributed by atoms with van der Waals surface area (Å²) in [6, 6.07) is 7.48. The molecule has 0 aliphatic heterocycles. The Hall–Kier alpha value is -2.04. The molecule has 0 bridgehead atoms. The lowest BCUT2D eigenvalue weighted by Gasteiger charge is -2.00. The number of hydrogen-bond donors (Lipinski definition) is 1. The van der Waals surface area contributed by atoms with Crippen LogP contribution < -0.4 is 5.73 Å². The second-order valence-corrected chi connectivity index (χ2v) is 3.14. The monoisotopic (exact) mass is 205 g/mol. The van der Waals surface area contributed by atoms with E-state index in [2.05, 4.69) is 9.84 Å². The smallest absolute Gasteiger partial charge is 0.327 e. The number of nitrogens with two attached hydrogens (primary N) is 1. The summed E-state index contributed by atoms with van der Waals surface area (Å²) in [5.41, 5.74) is 6.54. The zero-order valence-corrected chi connectivity index (χ0v) is 8.30. The fraction of sp³-hybridized carbons (Fsp3) is 0.200. The Bertz CT molecular complexity index is 504. The fourth-order valence-electron chi connectivity index (χ4n) is 1.46. The van der Waals surface area contributed by atoms with Gasteiger partial charge in [0.1, 0.15) is 6.54 Å². The van der Waals surface area contributed by atoms with Gasteiger partial charge in [-0.25, -0.2) is 0 Å². The van der Waals surface area contributed by atoms with Gasteiger partial charge in [-0.05, 0) is 12.1 Å². The molecule has 0 fully saturated rings. The number of para-hydroxylation sites is 1. The molecule has 0 spiro atoms. The third-order valence-corrected chi connectivity index (χ3v) is 2.19. The first-order chi connectivity index (χ1) is 7.22. The highest BCUT2D eigenvalue weighted by atomic mass is 16.5. The zero-order chi connectivity index (χ0) is 10.8. The van der Waals surface area contributed by atoms with Crippen molar-refractivity contribution in [1.82, 2.24) is 9.78 Å². The number of ether oxygens (including phenoxy) is 1. The summed E-state index contributed by atoms with van der Waals surface area (Å²) in [5.74, 6) is 0.0813. The van der Waals surface area contributed by atoms with Gasteiger partial charge in [0.2, 0.25) is 0 Å². The van der Waals surface area contributed by atoms with E-state index in [-0.39, 0.29) is 12.5 Å². The molecule has 0 amide bonds. The van der Waals surface area contributed by atoms with Crippen LogP contribution in [0.15, 0.2) is 24.3 Å². The lowest BCUT2D eigenvalue weighted by molar-refractivity contribution is -0.141. The maximum Gasteiger partial charge on any atom is 0.327 e. The van der Waals surface area contributed by atoms with Crippen molar-refractivity contribution in [2.45, 2.75) is 6.54 Å². The number of benzene rings is 1. The predicted octanol–water partition coefficient (Wildman–Crippen LogP) is 0.791. The Morgan fingerprint density at radius 2 is 2.27 bits per heavy atom. The van der Waals surface area contributed by atoms with Crippen molar-refractivity contribution < 1.29 is 9.53 Å². The average Bonchev–Trinajstić information content (AvgIpc) is 2.57. The van der Waals surface area contributed by atoms with E-state index in [9.17, 15) is 4.79 Å². The minimum atomic E-state index is -0.344. The van der Waals surface area contributed by atoms with Gasteiger partial charge < -0.3 is 10.5 Å². The maximum atomic E-state index is 11.1. The molecule has 78 valence electrons. The van der Waals surface area contributed by atoms with Crippen LogP contribution in [0.5, 0.6) is 0 Å². The summed E-state index contributed by atoms with van der Waals surface area (Å²) in [5, 5.41) is 4.92. The van der Waals surface area contributed by atoms with Gasteiger partial charge in [-0.15, -0.1) is 0 Å². The molecule has 5 heteroatoms. The summed E-state index contributed by atoms with van der Waals surface area (Å²) in [7, 11) is 1.34. The number of carbonyl (C=O) groups excluding carboxylic acids is 1. The highest BCUT2D eigenvalue weighted by Crippen LogP contribution is 2.19. The molecule has 5 nitrogen and oxygen atoms in total. The molecular formula is C10H11N3O2. The molecule has 1 aromatic heterocycles. The van der Waals surface area contributed by atoms with Gasteiger partial charge in [0.05, 0.1) is 12.6 Å². The van der Waals surface area contributed by atoms with Crippen molar-refractivity contribution in [2.75, 3.05) is 12.8 Å². The first-order valence-corrected chi connectivity index (χ1v) is 4.50. The molecule has 2 rings (SSSR count). The largest absolute Gasteiger partial charge is 0.468 e. The van der Waals surface area contributed by atoms with Crippen LogP contribution in [0.3, 0.4) is 0 Å². The Balaban J connectivity index is 2.48. The van der Waals surface area contributed by atoms with Crippen molar-refractivity contribution in [2.24, 2.45) is 0 Å². The predicted molar refractivity (Wildman–Crippen MR) is 56.2 cm³/mol. The Kier molecular flexibility index (Phi) is 2.29. The zero-order valence-electron chi connectivity index (χ0n) is 8.30. The topological polar surface area (TPSA) is 70.1 Å². The van der Waals surface area contributed by atoms with Crippen molar-refractivity contribution in [3.8, 4) is 0 Å². The molecule has 2 aromatic rings. The van der Waals surface area contributed by atoms with E-state index in [0.717, 1.165) is 10.9 Å². The number of fused-ring (bicyclic) bond motifs is 1. The van der Waals surface area contributed by atoms with E-state index in [1.807, 2.05) is 24.3 Å². The number of nitrogen functional groups attached to an aromatic ring is 1. The van der Waals surface area contributed by atoms with Gasteiger partial charge >= 0.3 is 5.97 Å². The summed E-state index contributed by atoms with van der Waals surface area (Å²) in [6.45, 7) is 0.0776. The molecule has 15 heavy (non-hydrogen) atoms. The first kappa shape index (κ1) is 9.51. The second-order valence-electron chi connectivity index (χ2n) is 3.14. The summed E-state index contributed by atoms with van der Waals surface area (Å²) < 4.78 is 6.11. The molecule has 0 unspecified atom stereocenters. The van der Waals surface area contributed by atoms with Crippen LogP contribution in [0.2, 0.25) is 0 Å². The Morgan fingerprint density at radius 1 is 1.53 bits per heavy atom. The molecular weight excluding hydrogens is 194 g/mol. The van der Waals surface area contributed by atoms with Gasteiger partial charge in [-0.2, -0.15) is 5.10 Å². The van der Waals surface area contributed by atoms with Gasteiger partial charge in [0.25, 0.3) is 0 Å². The summed E-state index contributed by atoms with van der Waals surface area (Å²) in [4.78, 5) is 11.1. The van der Waals surface area contributed by atoms with Crippen LogP contribution in [-0.4, -0.2) is 22.9 Å². The van der Waals surface area contributed by atoms with Crippen LogP contribution >= 0.6 is 0 Å². The number of aromatic nitrogens is 2. The number of nitrogens with zero attached hydrogens (tertiary/aromatic N) is 2. The number of esters is 1. The first-order valence-electron chi connectivity index (χ1n) is 4.50. The van der Waals surface area contributed by atoms with Crippen LogP contribution in [0.25, 0.3) is 10.9 Å². The standard InChI is InChI=1S/C10H11N3O2/c1-15-9(14)6-13-8-5-3-2-4-7(8)10(11)12-13/h2-5H,6H2,1H3,(H2,11,12). The average molecular weight is 205 g/mol. The molecule has 0 aliphatic carbocycles. The summed E-state index contributed by atoms with van der Waals surface area (Å²) in [6.07, 6.45) is 0. The van der Waals surface area contributed by atoms with Crippen molar-refractivity contribution in [3.63, 3.8) is 0 Å². The maximum absolute atomic E-state index is 11.1. The van der Waals surface area contributed by atoms with Gasteiger partial charge in [0, 0.05) is 5.39 Å². The molecule has 0 saturated heterocycles. The van der Waals surface area contributed by atoms with E-state index in [4.69, 9.17) is 5.73 Å². The lowest BCUT2D eigenvalue weighted by Crippen LogP contribution is -2.12. The number of carbonyl (C=O) groups is 1. The highest BCUT2D eigenvalue weighted by Gasteiger charge is 2.10. The SMILES string of the molecule is COC(=O)Cn1nc(N)c2ccccc21. The molecule has 1 aromatic carbocycles. The molecule has 0 saturated carbocycles. The van der Waals surface area contributed by atoms with Crippen molar-refractivity contribution >= 4 is 22.7 Å². The molecule has 2 N–H and O–H groups in total. The number of rotatable bonds is 2. The third kappa shape index (κ3) is 1.63. The number of anilines is 1. The van der Waals surface area contributed by atoms with Crippen LogP contribution in [0.1, 0.15) is 0 Å². The van der Waals surface area contributed by atoms with Gasteiger partial charge in [-0.1, -0.05) is 12.1 Å². The quantitative estimate of drug-likeness (QED) is 0.736. The van der Waals surface area contributed by atoms with Crippen molar-refractivity contribution in [3.05, 3.63) is 24.3 Å². The fourth-order valence-corrected chi connectivity index (χ4v) is 1.46. The molecule has 0 atom stereocenters. The Labute approximate surface area is 86.4 Å². The van der Waals surface area contributed by atoms with Crippen LogP contribution in [-0.2, 0) is 16.1 Å². The van der Waals surface area contributed by atoms with Crippen molar-refractivity contribution in [1.29, 1.82) is 0 Å². The van der Waals surface area contributed by atoms with Gasteiger partial charge in [-0.3, -0.25) is 9.48 Å². The normalized spacial score (nSPS) is 10.5. The number of hydrogen-bond acceptors (Lipinski definition) is 4. The van der Waals surface area contributed by atoms with E-state index < -0.39 is 0 Å². The molecule has 1 heterocycles. The minimum absolute atomic E-state index is 0.0776. The van der Waals surface area contributed by atoms with Gasteiger partial charge in [0.15, 0.2) is 5.82 Å². The van der Waals surface area contributed by atoms with E-state index in [1.54, 1.807) is 0 Å². The summed E-state index contributed by atoms with van der Waals surface area (Å²) >= 11 is 0. The molecule has 0 radical (unpaired) electrons. The highest BCUT2D eigenvalue weighted by molar-refractivity contribution is 5.89. The molecule has 0 aliphatic rings.